The fraction of sp³-hybridized carbons (Fsp3) is 0.467. The lowest BCUT2D eigenvalue weighted by Gasteiger charge is -2.41. The Morgan fingerprint density at radius 1 is 0.973 bits per heavy atom. The Morgan fingerprint density at radius 3 is 2.24 bits per heavy atom. The highest BCUT2D eigenvalue weighted by atomic mass is 19.1. The number of hydrogen-bond donors (Lipinski definition) is 3. The Labute approximate surface area is 216 Å². The molecule has 1 fully saturated rings. The van der Waals surface area contributed by atoms with Crippen molar-refractivity contribution in [1.29, 1.82) is 0 Å². The number of aliphatic hydroxyl groups excluding tert-OH is 1. The molecule has 0 bridgehead atoms. The topological polar surface area (TPSA) is 78.4 Å². The normalized spacial score (nSPS) is 17.5. The van der Waals surface area contributed by atoms with Crippen molar-refractivity contribution in [2.24, 2.45) is 0 Å². The third kappa shape index (κ3) is 6.33. The molecule has 5 nitrogen and oxygen atoms in total. The van der Waals surface area contributed by atoms with E-state index in [1.54, 1.807) is 0 Å². The molecule has 3 aromatic carbocycles. The van der Waals surface area contributed by atoms with E-state index >= 15 is 0 Å². The van der Waals surface area contributed by atoms with Crippen molar-refractivity contribution in [3.05, 3.63) is 97.3 Å². The molecular formula is C30H36F2N2O3. The zero-order valence-electron chi connectivity index (χ0n) is 21.7. The maximum atomic E-state index is 13.8. The van der Waals surface area contributed by atoms with Crippen LogP contribution in [0.1, 0.15) is 69.6 Å². The average Bonchev–Trinajstić information content (AvgIpc) is 2.86. The van der Waals surface area contributed by atoms with Gasteiger partial charge >= 0.3 is 0 Å². The first kappa shape index (κ1) is 27.1. The number of anilines is 1. The number of hydrogen-bond acceptors (Lipinski definition) is 5. The monoisotopic (exact) mass is 510 g/mol. The molecule has 0 heterocycles. The molecule has 1 aliphatic rings. The molecule has 0 radical (unpaired) electrons. The van der Waals surface area contributed by atoms with E-state index in [9.17, 15) is 23.5 Å². The second-order valence-electron chi connectivity index (χ2n) is 11.4. The van der Waals surface area contributed by atoms with Gasteiger partial charge in [-0.3, -0.25) is 9.59 Å². The van der Waals surface area contributed by atoms with Gasteiger partial charge in [-0.2, -0.15) is 0 Å². The van der Waals surface area contributed by atoms with Crippen molar-refractivity contribution in [1.82, 2.24) is 5.32 Å². The van der Waals surface area contributed by atoms with Crippen LogP contribution in [-0.4, -0.2) is 23.8 Å². The molecule has 2 atom stereocenters. The van der Waals surface area contributed by atoms with Crippen LogP contribution in [0.25, 0.3) is 0 Å². The molecule has 0 aromatic heterocycles. The SMILES string of the molecule is CC(C)(C)c1cccc(C2(NCC(O)C(Cc3cc(F)cc(F)c3)Nc3cc(=O)c3=O)CCCCC2)c1. The van der Waals surface area contributed by atoms with Crippen LogP contribution in [0.15, 0.2) is 58.1 Å². The maximum Gasteiger partial charge on any atom is 0.248 e. The lowest BCUT2D eigenvalue weighted by molar-refractivity contribution is 0.122. The third-order valence-electron chi connectivity index (χ3n) is 7.57. The van der Waals surface area contributed by atoms with Gasteiger partial charge < -0.3 is 15.7 Å². The van der Waals surface area contributed by atoms with Gasteiger partial charge in [-0.15, -0.1) is 0 Å². The summed E-state index contributed by atoms with van der Waals surface area (Å²) in [4.78, 5) is 23.4. The zero-order chi connectivity index (χ0) is 26.8. The summed E-state index contributed by atoms with van der Waals surface area (Å²) in [7, 11) is 0. The van der Waals surface area contributed by atoms with Gasteiger partial charge in [-0.1, -0.05) is 64.3 Å². The maximum absolute atomic E-state index is 13.8. The fourth-order valence-corrected chi connectivity index (χ4v) is 5.34. The predicted molar refractivity (Wildman–Crippen MR) is 143 cm³/mol. The van der Waals surface area contributed by atoms with Crippen molar-refractivity contribution in [2.75, 3.05) is 11.9 Å². The molecule has 1 saturated carbocycles. The second kappa shape index (κ2) is 10.8. The van der Waals surface area contributed by atoms with Crippen molar-refractivity contribution in [3.63, 3.8) is 0 Å². The van der Waals surface area contributed by atoms with Gasteiger partial charge in [0.05, 0.1) is 17.8 Å². The molecule has 0 amide bonds. The molecule has 0 spiro atoms. The highest BCUT2D eigenvalue weighted by Crippen LogP contribution is 2.38. The van der Waals surface area contributed by atoms with Gasteiger partial charge in [0.1, 0.15) is 11.6 Å². The molecule has 0 saturated heterocycles. The van der Waals surface area contributed by atoms with Crippen LogP contribution < -0.4 is 21.5 Å². The molecule has 1 aliphatic carbocycles. The van der Waals surface area contributed by atoms with Crippen LogP contribution in [0, 0.1) is 11.6 Å². The molecule has 2 unspecified atom stereocenters. The second-order valence-corrected chi connectivity index (χ2v) is 11.4. The van der Waals surface area contributed by atoms with E-state index in [0.29, 0.717) is 5.56 Å². The van der Waals surface area contributed by atoms with Gasteiger partial charge in [-0.05, 0) is 53.5 Å². The molecule has 37 heavy (non-hydrogen) atoms. The van der Waals surface area contributed by atoms with Crippen LogP contribution in [0.4, 0.5) is 14.5 Å². The number of nitrogens with one attached hydrogen (secondary N) is 2. The lowest BCUT2D eigenvalue weighted by Crippen LogP contribution is -2.51. The first-order chi connectivity index (χ1) is 17.5. The first-order valence-corrected chi connectivity index (χ1v) is 13.0. The minimum absolute atomic E-state index is 0.00109. The van der Waals surface area contributed by atoms with E-state index in [1.165, 1.54) is 29.3 Å². The van der Waals surface area contributed by atoms with Crippen molar-refractivity contribution in [2.45, 2.75) is 82.4 Å². The van der Waals surface area contributed by atoms with E-state index < -0.39 is 34.6 Å². The van der Waals surface area contributed by atoms with Crippen LogP contribution in [0.5, 0.6) is 0 Å². The highest BCUT2D eigenvalue weighted by Gasteiger charge is 2.35. The van der Waals surface area contributed by atoms with Crippen molar-refractivity contribution >= 4 is 5.69 Å². The van der Waals surface area contributed by atoms with Crippen molar-refractivity contribution < 1.29 is 13.9 Å². The number of halogens is 2. The molecule has 4 rings (SSSR count). The molecular weight excluding hydrogens is 474 g/mol. The smallest absolute Gasteiger partial charge is 0.248 e. The van der Waals surface area contributed by atoms with E-state index in [0.717, 1.165) is 38.2 Å². The molecule has 3 N–H and O–H groups in total. The Bertz CT molecular complexity index is 1280. The molecule has 7 heteroatoms. The summed E-state index contributed by atoms with van der Waals surface area (Å²) in [5, 5.41) is 17.9. The summed E-state index contributed by atoms with van der Waals surface area (Å²) in [6, 6.07) is 12.3. The summed E-state index contributed by atoms with van der Waals surface area (Å²) in [6.07, 6.45) is 4.22. The lowest BCUT2D eigenvalue weighted by atomic mass is 9.74. The van der Waals surface area contributed by atoms with Gasteiger partial charge in [-0.25, -0.2) is 8.78 Å². The Kier molecular flexibility index (Phi) is 7.95. The number of rotatable bonds is 9. The van der Waals surface area contributed by atoms with Crippen LogP contribution in [0.2, 0.25) is 0 Å². The summed E-state index contributed by atoms with van der Waals surface area (Å²) in [5.41, 5.74) is 1.31. The van der Waals surface area contributed by atoms with E-state index in [-0.39, 0.29) is 29.6 Å². The summed E-state index contributed by atoms with van der Waals surface area (Å²) < 4.78 is 27.7. The van der Waals surface area contributed by atoms with Crippen LogP contribution >= 0.6 is 0 Å². The number of benzene rings is 2. The molecule has 0 aliphatic heterocycles. The van der Waals surface area contributed by atoms with Gasteiger partial charge in [0.15, 0.2) is 0 Å². The molecule has 198 valence electrons. The van der Waals surface area contributed by atoms with Gasteiger partial charge in [0, 0.05) is 24.2 Å². The van der Waals surface area contributed by atoms with Gasteiger partial charge in [0.2, 0.25) is 10.9 Å². The summed E-state index contributed by atoms with van der Waals surface area (Å²) in [6.45, 7) is 6.75. The van der Waals surface area contributed by atoms with E-state index in [2.05, 4.69) is 55.7 Å². The van der Waals surface area contributed by atoms with E-state index in [4.69, 9.17) is 0 Å². The van der Waals surface area contributed by atoms with Gasteiger partial charge in [0.25, 0.3) is 0 Å². The van der Waals surface area contributed by atoms with Crippen molar-refractivity contribution in [3.8, 4) is 0 Å². The highest BCUT2D eigenvalue weighted by molar-refractivity contribution is 5.48. The van der Waals surface area contributed by atoms with Crippen LogP contribution in [0.3, 0.4) is 0 Å². The molecule has 3 aromatic rings. The Balaban J connectivity index is 1.57. The largest absolute Gasteiger partial charge is 0.390 e. The summed E-state index contributed by atoms with van der Waals surface area (Å²) in [5.74, 6) is -1.43. The predicted octanol–water partition coefficient (Wildman–Crippen LogP) is 4.69. The zero-order valence-corrected chi connectivity index (χ0v) is 21.7. The standard InChI is InChI=1S/C30H36F2N2O3/c1-29(2,3)20-8-7-9-21(15-20)30(10-5-4-6-11-30)33-18-27(36)24(34-25-17-26(35)28(25)37)14-19-12-22(31)16-23(32)13-19/h7-9,12-13,15-17,24,27,33-34,36H,4-6,10-11,14,18H2,1-3H3. The minimum atomic E-state index is -1.000. The summed E-state index contributed by atoms with van der Waals surface area (Å²) >= 11 is 0. The van der Waals surface area contributed by atoms with Crippen LogP contribution in [-0.2, 0) is 17.4 Å². The first-order valence-electron chi connectivity index (χ1n) is 13.0. The third-order valence-corrected chi connectivity index (χ3v) is 7.57. The Morgan fingerprint density at radius 2 is 1.65 bits per heavy atom. The Hall–Kier alpha value is -2.90. The van der Waals surface area contributed by atoms with E-state index in [1.807, 2.05) is 0 Å². The fourth-order valence-electron chi connectivity index (χ4n) is 5.34. The quantitative estimate of drug-likeness (QED) is 0.364. The average molecular weight is 511 g/mol. The number of aliphatic hydroxyl groups is 1. The minimum Gasteiger partial charge on any atom is -0.390 e.